The Labute approximate surface area is 81.4 Å². The predicted octanol–water partition coefficient (Wildman–Crippen LogP) is 1.27. The number of phenolic OH excluding ortho intramolecular Hbond substituents is 3. The van der Waals surface area contributed by atoms with Gasteiger partial charge in [0, 0.05) is 5.15 Å². The number of benzene rings is 1. The Hall–Kier alpha value is -2.09. The van der Waals surface area contributed by atoms with E-state index in [1.807, 2.05) is 0 Å². The summed E-state index contributed by atoms with van der Waals surface area (Å²) in [5.74, 6) is -3.33. The van der Waals surface area contributed by atoms with Gasteiger partial charge in [-0.2, -0.15) is 0 Å². The maximum Gasteiger partial charge on any atom is 0.335 e. The van der Waals surface area contributed by atoms with Gasteiger partial charge in [-0.1, -0.05) is 0 Å². The Morgan fingerprint density at radius 1 is 1.13 bits per heavy atom. The molecule has 0 bridgehead atoms. The molecule has 0 amide bonds. The fraction of sp³-hybridized carbons (Fsp3) is 0. The molecule has 6 nitrogen and oxygen atoms in total. The highest BCUT2D eigenvalue weighted by Gasteiger charge is 2.11. The Morgan fingerprint density at radius 2 is 1.47 bits per heavy atom. The van der Waals surface area contributed by atoms with E-state index in [1.165, 1.54) is 5.15 Å². The molecular weight excluding hydrogens is 218 g/mol. The largest absolute Gasteiger partial charge is 0.504 e. The van der Waals surface area contributed by atoms with Crippen LogP contribution in [0.5, 0.6) is 17.2 Å². The molecule has 4 N–H and O–H groups in total. The molecule has 1 rings (SSSR count). The monoisotopic (exact) mass is 224 g/mol. The number of carbonyl (C=O) groups is 1. The van der Waals surface area contributed by atoms with Crippen LogP contribution in [0.4, 0.5) is 9.05 Å². The summed E-state index contributed by atoms with van der Waals surface area (Å²) < 4.78 is 18.2. The van der Waals surface area contributed by atoms with Gasteiger partial charge < -0.3 is 20.4 Å². The lowest BCUT2D eigenvalue weighted by Gasteiger charge is -2.01. The fourth-order valence-electron chi connectivity index (χ4n) is 0.728. The van der Waals surface area contributed by atoms with Crippen molar-refractivity contribution in [3.63, 3.8) is 0 Å². The lowest BCUT2D eigenvalue weighted by molar-refractivity contribution is -0.317. The van der Waals surface area contributed by atoms with Crippen molar-refractivity contribution in [3.8, 4) is 17.2 Å². The third-order valence-corrected chi connectivity index (χ3v) is 1.32. The van der Waals surface area contributed by atoms with Gasteiger partial charge >= 0.3 is 5.97 Å². The van der Waals surface area contributed by atoms with E-state index in [1.54, 1.807) is 0 Å². The van der Waals surface area contributed by atoms with E-state index < -0.39 is 23.2 Å². The van der Waals surface area contributed by atoms with Crippen LogP contribution in [-0.4, -0.2) is 26.4 Å². The summed E-state index contributed by atoms with van der Waals surface area (Å²) in [6, 6.07) is 1.69. The summed E-state index contributed by atoms with van der Waals surface area (Å²) in [7, 11) is 0. The van der Waals surface area contributed by atoms with Crippen LogP contribution < -0.4 is 0 Å². The van der Waals surface area contributed by atoms with Crippen LogP contribution in [-0.2, 0) is 5.15 Å². The molecule has 0 aliphatic heterocycles. The first kappa shape index (κ1) is 12.9. The van der Waals surface area contributed by atoms with E-state index in [-0.39, 0.29) is 5.56 Å². The molecule has 0 saturated carbocycles. The predicted molar refractivity (Wildman–Crippen MR) is 41.7 cm³/mol. The molecule has 1 aromatic rings. The van der Waals surface area contributed by atoms with Crippen molar-refractivity contribution in [3.05, 3.63) is 17.7 Å². The van der Waals surface area contributed by atoms with Crippen molar-refractivity contribution in [1.29, 1.82) is 0 Å². The number of aromatic hydroxyl groups is 3. The number of carboxylic acids is 1. The van der Waals surface area contributed by atoms with Crippen LogP contribution in [0.1, 0.15) is 10.4 Å². The number of halogens is 2. The van der Waals surface area contributed by atoms with Gasteiger partial charge in [0.25, 0.3) is 0 Å². The number of hydrogen-bond donors (Lipinski definition) is 4. The van der Waals surface area contributed by atoms with Gasteiger partial charge in [-0.05, 0) is 21.2 Å². The van der Waals surface area contributed by atoms with E-state index in [9.17, 15) is 4.79 Å². The lowest BCUT2D eigenvalue weighted by atomic mass is 10.2. The fourth-order valence-corrected chi connectivity index (χ4v) is 0.728. The summed E-state index contributed by atoms with van der Waals surface area (Å²) >= 11 is 0. The molecule has 0 unspecified atom stereocenters. The molecule has 0 atom stereocenters. The van der Waals surface area contributed by atoms with Crippen LogP contribution in [0.3, 0.4) is 0 Å². The first-order valence-corrected chi connectivity index (χ1v) is 3.31. The van der Waals surface area contributed by atoms with Crippen LogP contribution in [0, 0.1) is 0 Å². The third-order valence-electron chi connectivity index (χ3n) is 1.32. The minimum absolute atomic E-state index is 0.289. The SMILES string of the molecule is FOF.O=C(O)c1cc(O)c(O)c(O)c1. The summed E-state index contributed by atoms with van der Waals surface area (Å²) in [6.07, 6.45) is 0. The number of carboxylic acid groups (broad SMARTS) is 1. The molecule has 84 valence electrons. The molecule has 15 heavy (non-hydrogen) atoms. The van der Waals surface area contributed by atoms with Gasteiger partial charge in [0.1, 0.15) is 0 Å². The van der Waals surface area contributed by atoms with Crippen LogP contribution in [0.2, 0.25) is 0 Å². The second-order valence-corrected chi connectivity index (χ2v) is 2.23. The zero-order chi connectivity index (χ0) is 12.0. The molecular formula is C7H6F2O6. The smallest absolute Gasteiger partial charge is 0.335 e. The van der Waals surface area contributed by atoms with Gasteiger partial charge in [-0.15, -0.1) is 0 Å². The molecule has 0 aliphatic rings. The van der Waals surface area contributed by atoms with Crippen molar-refractivity contribution >= 4 is 5.97 Å². The summed E-state index contributed by atoms with van der Waals surface area (Å²) in [5.41, 5.74) is -0.289. The normalized spacial score (nSPS) is 8.93. The first-order valence-electron chi connectivity index (χ1n) is 3.31. The number of aromatic carboxylic acids is 1. The minimum atomic E-state index is -1.29. The molecule has 8 heteroatoms. The Balaban J connectivity index is 0.000000583. The standard InChI is InChI=1S/C7H6O5.F2O/c8-4-1-3(7(11)12)2-5(9)6(4)10;1-3-2/h1-2,8-10H,(H,11,12);. The summed E-state index contributed by atoms with van der Waals surface area (Å²) in [5, 5.41) is 36.2. The van der Waals surface area contributed by atoms with Crippen molar-refractivity contribution in [2.75, 3.05) is 0 Å². The Kier molecular flexibility index (Phi) is 4.82. The topological polar surface area (TPSA) is 107 Å². The molecule has 0 saturated heterocycles. The molecule has 0 aromatic heterocycles. The third kappa shape index (κ3) is 3.65. The molecule has 0 radical (unpaired) electrons. The van der Waals surface area contributed by atoms with E-state index >= 15 is 0 Å². The van der Waals surface area contributed by atoms with Crippen LogP contribution in [0.15, 0.2) is 12.1 Å². The van der Waals surface area contributed by atoms with Crippen molar-refractivity contribution in [2.24, 2.45) is 0 Å². The maximum absolute atomic E-state index is 10.3. The highest BCUT2D eigenvalue weighted by atomic mass is 19.6. The molecule has 1 aromatic carbocycles. The van der Waals surface area contributed by atoms with E-state index in [4.69, 9.17) is 29.5 Å². The molecule has 0 aliphatic carbocycles. The molecule has 0 fully saturated rings. The zero-order valence-electron chi connectivity index (χ0n) is 7.02. The number of rotatable bonds is 1. The van der Waals surface area contributed by atoms with E-state index in [2.05, 4.69) is 0 Å². The zero-order valence-corrected chi connectivity index (χ0v) is 7.02. The molecule has 0 heterocycles. The van der Waals surface area contributed by atoms with Crippen molar-refractivity contribution in [2.45, 2.75) is 0 Å². The van der Waals surface area contributed by atoms with Gasteiger partial charge in [0.15, 0.2) is 17.2 Å². The Morgan fingerprint density at radius 3 is 1.73 bits per heavy atom. The number of hydrogen-bond acceptors (Lipinski definition) is 5. The minimum Gasteiger partial charge on any atom is -0.504 e. The van der Waals surface area contributed by atoms with E-state index in [0.717, 1.165) is 12.1 Å². The van der Waals surface area contributed by atoms with Gasteiger partial charge in [0.2, 0.25) is 0 Å². The highest BCUT2D eigenvalue weighted by molar-refractivity contribution is 5.89. The van der Waals surface area contributed by atoms with Crippen LogP contribution >= 0.6 is 0 Å². The van der Waals surface area contributed by atoms with Crippen molar-refractivity contribution in [1.82, 2.24) is 0 Å². The van der Waals surface area contributed by atoms with Gasteiger partial charge in [-0.25, -0.2) is 4.79 Å². The average Bonchev–Trinajstić information content (AvgIpc) is 2.14. The summed E-state index contributed by atoms with van der Waals surface area (Å²) in [6.45, 7) is 0. The quantitative estimate of drug-likeness (QED) is 0.535. The number of phenols is 3. The van der Waals surface area contributed by atoms with Gasteiger partial charge in [-0.3, -0.25) is 0 Å². The van der Waals surface area contributed by atoms with Crippen molar-refractivity contribution < 1.29 is 39.4 Å². The summed E-state index contributed by atoms with van der Waals surface area (Å²) in [4.78, 5) is 10.3. The second-order valence-electron chi connectivity index (χ2n) is 2.23. The average molecular weight is 224 g/mol. The van der Waals surface area contributed by atoms with Crippen LogP contribution in [0.25, 0.3) is 0 Å². The van der Waals surface area contributed by atoms with E-state index in [0.29, 0.717) is 0 Å². The first-order chi connectivity index (χ1) is 6.93. The maximum atomic E-state index is 10.3. The molecule has 0 spiro atoms. The van der Waals surface area contributed by atoms with Gasteiger partial charge in [0.05, 0.1) is 5.56 Å². The second kappa shape index (κ2) is 5.60. The Bertz CT molecular complexity index is 330. The highest BCUT2D eigenvalue weighted by Crippen LogP contribution is 2.35. The lowest BCUT2D eigenvalue weighted by Crippen LogP contribution is -1.95.